The molecule has 5 heteroatoms. The first-order chi connectivity index (χ1) is 8.13. The molecule has 5 N–H and O–H groups in total. The predicted octanol–water partition coefficient (Wildman–Crippen LogP) is -0.237. The van der Waals surface area contributed by atoms with Gasteiger partial charge in [0.2, 0.25) is 0 Å². The van der Waals surface area contributed by atoms with Crippen LogP contribution in [0.1, 0.15) is 5.82 Å². The predicted molar refractivity (Wildman–Crippen MR) is 67.5 cm³/mol. The van der Waals surface area contributed by atoms with Crippen molar-refractivity contribution in [3.05, 3.63) is 30.1 Å². The summed E-state index contributed by atoms with van der Waals surface area (Å²) in [6, 6.07) is 7.52. The third-order valence-corrected chi connectivity index (χ3v) is 3.03. The summed E-state index contributed by atoms with van der Waals surface area (Å²) in [5.41, 5.74) is 13.3. The van der Waals surface area contributed by atoms with E-state index in [1.165, 1.54) is 0 Å². The minimum atomic E-state index is -0.685. The molecule has 17 heavy (non-hydrogen) atoms. The normalized spacial score (nSPS) is 15.1. The Kier molecular flexibility index (Phi) is 3.42. The average molecular weight is 234 g/mol. The van der Waals surface area contributed by atoms with Gasteiger partial charge in [0.05, 0.1) is 17.1 Å². The number of nitrogens with zero attached hydrogens (tertiary/aromatic N) is 2. The summed E-state index contributed by atoms with van der Waals surface area (Å²) < 4.78 is 2.00. The van der Waals surface area contributed by atoms with Gasteiger partial charge in [-0.25, -0.2) is 4.98 Å². The number of benzene rings is 1. The molecule has 2 aromatic rings. The molecule has 92 valence electrons. The number of imidazole rings is 1. The maximum atomic E-state index is 9.57. The van der Waals surface area contributed by atoms with E-state index in [9.17, 15) is 5.11 Å². The second kappa shape index (κ2) is 4.83. The smallest absolute Gasteiger partial charge is 0.111 e. The molecule has 0 aliphatic carbocycles. The van der Waals surface area contributed by atoms with Crippen LogP contribution < -0.4 is 11.5 Å². The molecule has 5 nitrogen and oxygen atoms in total. The highest BCUT2D eigenvalue weighted by molar-refractivity contribution is 5.75. The van der Waals surface area contributed by atoms with Crippen LogP contribution in [-0.2, 0) is 13.5 Å². The first-order valence-corrected chi connectivity index (χ1v) is 5.67. The number of aryl methyl sites for hydroxylation is 1. The first-order valence-electron chi connectivity index (χ1n) is 5.67. The van der Waals surface area contributed by atoms with Crippen LogP contribution in [0.4, 0.5) is 0 Å². The van der Waals surface area contributed by atoms with Crippen LogP contribution >= 0.6 is 0 Å². The van der Waals surface area contributed by atoms with Crippen molar-refractivity contribution in [2.75, 3.05) is 6.54 Å². The van der Waals surface area contributed by atoms with Crippen molar-refractivity contribution in [3.63, 3.8) is 0 Å². The van der Waals surface area contributed by atoms with Gasteiger partial charge in [-0.05, 0) is 12.1 Å². The molecule has 0 bridgehead atoms. The second-order valence-corrected chi connectivity index (χ2v) is 4.25. The summed E-state index contributed by atoms with van der Waals surface area (Å²) in [6.45, 7) is 0.172. The fraction of sp³-hybridized carbons (Fsp3) is 0.417. The molecule has 1 aromatic heterocycles. The van der Waals surface area contributed by atoms with E-state index in [0.717, 1.165) is 16.9 Å². The zero-order valence-corrected chi connectivity index (χ0v) is 9.87. The van der Waals surface area contributed by atoms with Gasteiger partial charge in [0.15, 0.2) is 0 Å². The lowest BCUT2D eigenvalue weighted by atomic mass is 10.1. The number of aromatic nitrogens is 2. The Balaban J connectivity index is 2.27. The van der Waals surface area contributed by atoms with Crippen LogP contribution in [-0.4, -0.2) is 33.3 Å². The molecular formula is C12H18N4O. The molecule has 2 unspecified atom stereocenters. The van der Waals surface area contributed by atoms with E-state index in [1.54, 1.807) is 0 Å². The van der Waals surface area contributed by atoms with E-state index in [-0.39, 0.29) is 12.6 Å². The molecule has 0 radical (unpaired) electrons. The zero-order chi connectivity index (χ0) is 12.4. The van der Waals surface area contributed by atoms with E-state index >= 15 is 0 Å². The van der Waals surface area contributed by atoms with Crippen molar-refractivity contribution in [2.24, 2.45) is 18.5 Å². The lowest BCUT2D eigenvalue weighted by Gasteiger charge is -2.16. The van der Waals surface area contributed by atoms with Crippen LogP contribution in [0.25, 0.3) is 11.0 Å². The van der Waals surface area contributed by atoms with E-state index in [0.29, 0.717) is 6.42 Å². The van der Waals surface area contributed by atoms with Crippen molar-refractivity contribution >= 4 is 11.0 Å². The maximum Gasteiger partial charge on any atom is 0.111 e. The summed E-state index contributed by atoms with van der Waals surface area (Å²) in [5, 5.41) is 9.57. The fourth-order valence-corrected chi connectivity index (χ4v) is 1.90. The molecular weight excluding hydrogens is 216 g/mol. The molecule has 2 rings (SSSR count). The van der Waals surface area contributed by atoms with Crippen LogP contribution in [0.2, 0.25) is 0 Å². The summed E-state index contributed by atoms with van der Waals surface area (Å²) in [7, 11) is 1.95. The topological polar surface area (TPSA) is 90.1 Å². The number of para-hydroxylation sites is 2. The number of aliphatic hydroxyl groups excluding tert-OH is 1. The van der Waals surface area contributed by atoms with E-state index in [2.05, 4.69) is 4.98 Å². The molecule has 1 aromatic carbocycles. The highest BCUT2D eigenvalue weighted by Gasteiger charge is 2.17. The monoisotopic (exact) mass is 234 g/mol. The summed E-state index contributed by atoms with van der Waals surface area (Å²) >= 11 is 0. The molecule has 0 aliphatic heterocycles. The SMILES string of the molecule is Cn1c(CC(N)C(O)CN)nc2ccccc21. The average Bonchev–Trinajstić information content (AvgIpc) is 2.66. The van der Waals surface area contributed by atoms with Gasteiger partial charge in [-0.2, -0.15) is 0 Å². The molecule has 1 heterocycles. The van der Waals surface area contributed by atoms with Gasteiger partial charge in [-0.1, -0.05) is 12.1 Å². The maximum absolute atomic E-state index is 9.57. The van der Waals surface area contributed by atoms with Gasteiger partial charge in [0, 0.05) is 26.1 Å². The van der Waals surface area contributed by atoms with Gasteiger partial charge in [0.1, 0.15) is 5.82 Å². The van der Waals surface area contributed by atoms with Gasteiger partial charge in [0.25, 0.3) is 0 Å². The van der Waals surface area contributed by atoms with Gasteiger partial charge in [-0.15, -0.1) is 0 Å². The fourth-order valence-electron chi connectivity index (χ4n) is 1.90. The number of hydrogen-bond acceptors (Lipinski definition) is 4. The Labute approximate surface area is 100 Å². The molecule has 0 fully saturated rings. The Bertz CT molecular complexity index is 508. The van der Waals surface area contributed by atoms with Crippen LogP contribution in [0.5, 0.6) is 0 Å². The quantitative estimate of drug-likeness (QED) is 0.681. The van der Waals surface area contributed by atoms with Crippen molar-refractivity contribution < 1.29 is 5.11 Å². The number of rotatable bonds is 4. The largest absolute Gasteiger partial charge is 0.390 e. The van der Waals surface area contributed by atoms with Crippen LogP contribution in [0, 0.1) is 0 Å². The summed E-state index contributed by atoms with van der Waals surface area (Å²) in [4.78, 5) is 4.50. The zero-order valence-electron chi connectivity index (χ0n) is 9.87. The standard InChI is InChI=1S/C12H18N4O/c1-16-10-5-3-2-4-9(10)15-12(16)6-8(14)11(17)7-13/h2-5,8,11,17H,6-7,13-14H2,1H3. The van der Waals surface area contributed by atoms with Crippen LogP contribution in [0.3, 0.4) is 0 Å². The molecule has 0 amide bonds. The van der Waals surface area contributed by atoms with Crippen molar-refractivity contribution in [1.82, 2.24) is 9.55 Å². The lowest BCUT2D eigenvalue weighted by Crippen LogP contribution is -2.41. The third-order valence-electron chi connectivity index (χ3n) is 3.03. The van der Waals surface area contributed by atoms with Gasteiger partial charge >= 0.3 is 0 Å². The number of nitrogens with two attached hydrogens (primary N) is 2. The minimum Gasteiger partial charge on any atom is -0.390 e. The highest BCUT2D eigenvalue weighted by atomic mass is 16.3. The Morgan fingerprint density at radius 2 is 2.12 bits per heavy atom. The highest BCUT2D eigenvalue weighted by Crippen LogP contribution is 2.15. The Hall–Kier alpha value is -1.43. The lowest BCUT2D eigenvalue weighted by molar-refractivity contribution is 0.151. The van der Waals surface area contributed by atoms with Crippen molar-refractivity contribution in [3.8, 4) is 0 Å². The van der Waals surface area contributed by atoms with E-state index in [4.69, 9.17) is 11.5 Å². The van der Waals surface area contributed by atoms with Crippen molar-refractivity contribution in [1.29, 1.82) is 0 Å². The number of aliphatic hydroxyl groups is 1. The summed E-state index contributed by atoms with van der Waals surface area (Å²) in [6.07, 6.45) is -0.168. The number of fused-ring (bicyclic) bond motifs is 1. The molecule has 0 saturated heterocycles. The molecule has 0 aliphatic rings. The first kappa shape index (κ1) is 12.0. The minimum absolute atomic E-state index is 0.172. The molecule has 2 atom stereocenters. The van der Waals surface area contributed by atoms with E-state index < -0.39 is 6.10 Å². The van der Waals surface area contributed by atoms with Gasteiger partial charge in [-0.3, -0.25) is 0 Å². The van der Waals surface area contributed by atoms with Gasteiger partial charge < -0.3 is 21.1 Å². The van der Waals surface area contributed by atoms with E-state index in [1.807, 2.05) is 35.9 Å². The molecule has 0 spiro atoms. The number of hydrogen-bond donors (Lipinski definition) is 3. The second-order valence-electron chi connectivity index (χ2n) is 4.25. The van der Waals surface area contributed by atoms with Crippen LogP contribution in [0.15, 0.2) is 24.3 Å². The molecule has 0 saturated carbocycles. The summed E-state index contributed by atoms with van der Waals surface area (Å²) in [5.74, 6) is 0.867. The Morgan fingerprint density at radius 3 is 2.76 bits per heavy atom. The van der Waals surface area contributed by atoms with Crippen molar-refractivity contribution in [2.45, 2.75) is 18.6 Å². The third kappa shape index (κ3) is 2.31. The Morgan fingerprint density at radius 1 is 1.41 bits per heavy atom.